The molecule has 0 unspecified atom stereocenters. The number of carbonyl (C=O) groups is 1. The second-order valence-corrected chi connectivity index (χ2v) is 4.42. The van der Waals surface area contributed by atoms with Crippen LogP contribution in [0.1, 0.15) is 19.4 Å². The molecule has 102 valence electrons. The second kappa shape index (κ2) is 6.38. The third-order valence-electron chi connectivity index (χ3n) is 3.02. The van der Waals surface area contributed by atoms with Gasteiger partial charge in [-0.15, -0.1) is 0 Å². The van der Waals surface area contributed by atoms with Crippen LogP contribution < -0.4 is 5.32 Å². The molecular weight excluding hydrogens is 240 g/mol. The van der Waals surface area contributed by atoms with Gasteiger partial charge in [0, 0.05) is 18.3 Å². The summed E-state index contributed by atoms with van der Waals surface area (Å²) in [5.74, 6) is -0.197. The third-order valence-corrected chi connectivity index (χ3v) is 3.02. The SMILES string of the molecule is CCNCc1ccc2ccn(CC(=O)OCC)c2c1. The Bertz CT molecular complexity index is 560. The predicted molar refractivity (Wildman–Crippen MR) is 76.0 cm³/mol. The van der Waals surface area contributed by atoms with Gasteiger partial charge in [-0.25, -0.2) is 0 Å². The number of hydrogen-bond donors (Lipinski definition) is 1. The lowest BCUT2D eigenvalue weighted by atomic mass is 10.1. The molecule has 0 atom stereocenters. The molecule has 0 aliphatic heterocycles. The van der Waals surface area contributed by atoms with Crippen molar-refractivity contribution in [2.24, 2.45) is 0 Å². The summed E-state index contributed by atoms with van der Waals surface area (Å²) in [4.78, 5) is 11.6. The maximum Gasteiger partial charge on any atom is 0.325 e. The maximum absolute atomic E-state index is 11.6. The van der Waals surface area contributed by atoms with Crippen molar-refractivity contribution in [3.63, 3.8) is 0 Å². The monoisotopic (exact) mass is 260 g/mol. The molecule has 4 heteroatoms. The molecule has 0 amide bonds. The van der Waals surface area contributed by atoms with Crippen LogP contribution in [-0.4, -0.2) is 23.7 Å². The minimum atomic E-state index is -0.197. The zero-order valence-corrected chi connectivity index (χ0v) is 11.5. The van der Waals surface area contributed by atoms with E-state index in [-0.39, 0.29) is 12.5 Å². The second-order valence-electron chi connectivity index (χ2n) is 4.42. The number of nitrogens with zero attached hydrogens (tertiary/aromatic N) is 1. The van der Waals surface area contributed by atoms with Gasteiger partial charge in [-0.3, -0.25) is 4.79 Å². The number of rotatable bonds is 6. The lowest BCUT2D eigenvalue weighted by Gasteiger charge is -2.07. The Kier molecular flexibility index (Phi) is 4.58. The van der Waals surface area contributed by atoms with E-state index in [9.17, 15) is 4.79 Å². The number of esters is 1. The van der Waals surface area contributed by atoms with Crippen LogP contribution in [0.4, 0.5) is 0 Å². The molecule has 4 nitrogen and oxygen atoms in total. The van der Waals surface area contributed by atoms with Crippen LogP contribution in [-0.2, 0) is 22.6 Å². The van der Waals surface area contributed by atoms with Crippen molar-refractivity contribution in [2.45, 2.75) is 26.9 Å². The normalized spacial score (nSPS) is 10.8. The molecule has 2 rings (SSSR count). The molecule has 0 bridgehead atoms. The Hall–Kier alpha value is -1.81. The fourth-order valence-electron chi connectivity index (χ4n) is 2.09. The fourth-order valence-corrected chi connectivity index (χ4v) is 2.09. The van der Waals surface area contributed by atoms with Gasteiger partial charge in [0.15, 0.2) is 0 Å². The van der Waals surface area contributed by atoms with E-state index < -0.39 is 0 Å². The molecule has 0 saturated carbocycles. The van der Waals surface area contributed by atoms with Crippen LogP contribution in [0.2, 0.25) is 0 Å². The summed E-state index contributed by atoms with van der Waals surface area (Å²) in [6.45, 7) is 6.38. The number of ether oxygens (including phenoxy) is 1. The number of benzene rings is 1. The largest absolute Gasteiger partial charge is 0.465 e. The van der Waals surface area contributed by atoms with Crippen molar-refractivity contribution in [3.8, 4) is 0 Å². The molecule has 0 fully saturated rings. The summed E-state index contributed by atoms with van der Waals surface area (Å²) < 4.78 is 6.92. The first-order valence-electron chi connectivity index (χ1n) is 6.68. The summed E-state index contributed by atoms with van der Waals surface area (Å²) >= 11 is 0. The van der Waals surface area contributed by atoms with Crippen molar-refractivity contribution in [1.29, 1.82) is 0 Å². The van der Waals surface area contributed by atoms with Crippen LogP contribution in [0.3, 0.4) is 0 Å². The summed E-state index contributed by atoms with van der Waals surface area (Å²) in [5.41, 5.74) is 2.29. The number of aromatic nitrogens is 1. The maximum atomic E-state index is 11.6. The van der Waals surface area contributed by atoms with Gasteiger partial charge in [-0.2, -0.15) is 0 Å². The van der Waals surface area contributed by atoms with Crippen LogP contribution in [0.25, 0.3) is 10.9 Å². The average molecular weight is 260 g/mol. The Morgan fingerprint density at radius 3 is 2.89 bits per heavy atom. The molecule has 0 radical (unpaired) electrons. The highest BCUT2D eigenvalue weighted by molar-refractivity contribution is 5.82. The van der Waals surface area contributed by atoms with Gasteiger partial charge in [0.1, 0.15) is 6.54 Å². The first-order valence-corrected chi connectivity index (χ1v) is 6.68. The summed E-state index contributed by atoms with van der Waals surface area (Å²) in [6, 6.07) is 8.34. The number of nitrogens with one attached hydrogen (secondary N) is 1. The van der Waals surface area contributed by atoms with Gasteiger partial charge < -0.3 is 14.6 Å². The topological polar surface area (TPSA) is 43.3 Å². The molecule has 1 heterocycles. The zero-order chi connectivity index (χ0) is 13.7. The minimum Gasteiger partial charge on any atom is -0.465 e. The predicted octanol–water partition coefficient (Wildman–Crippen LogP) is 2.31. The smallest absolute Gasteiger partial charge is 0.325 e. The van der Waals surface area contributed by atoms with E-state index >= 15 is 0 Å². The summed E-state index contributed by atoms with van der Waals surface area (Å²) in [7, 11) is 0. The van der Waals surface area contributed by atoms with Gasteiger partial charge in [0.05, 0.1) is 6.61 Å². The van der Waals surface area contributed by atoms with Crippen LogP contribution in [0, 0.1) is 0 Å². The van der Waals surface area contributed by atoms with Crippen molar-refractivity contribution in [3.05, 3.63) is 36.0 Å². The van der Waals surface area contributed by atoms with Gasteiger partial charge in [0.2, 0.25) is 0 Å². The van der Waals surface area contributed by atoms with E-state index in [2.05, 4.69) is 30.4 Å². The van der Waals surface area contributed by atoms with E-state index in [0.29, 0.717) is 6.61 Å². The quantitative estimate of drug-likeness (QED) is 0.811. The molecule has 1 aromatic carbocycles. The van der Waals surface area contributed by atoms with Crippen LogP contribution >= 0.6 is 0 Å². The highest BCUT2D eigenvalue weighted by atomic mass is 16.5. The van der Waals surface area contributed by atoms with Crippen molar-refractivity contribution in [1.82, 2.24) is 9.88 Å². The Balaban J connectivity index is 2.21. The number of carbonyl (C=O) groups excluding carboxylic acids is 1. The van der Waals surface area contributed by atoms with E-state index in [0.717, 1.165) is 24.0 Å². The highest BCUT2D eigenvalue weighted by Gasteiger charge is 2.07. The first kappa shape index (κ1) is 13.6. The highest BCUT2D eigenvalue weighted by Crippen LogP contribution is 2.18. The summed E-state index contributed by atoms with van der Waals surface area (Å²) in [6.07, 6.45) is 1.93. The molecule has 2 aromatic rings. The van der Waals surface area contributed by atoms with E-state index in [1.165, 1.54) is 5.56 Å². The molecule has 0 spiro atoms. The molecule has 1 N–H and O–H groups in total. The lowest BCUT2D eigenvalue weighted by molar-refractivity contribution is -0.143. The Morgan fingerprint density at radius 2 is 2.16 bits per heavy atom. The van der Waals surface area contributed by atoms with Crippen molar-refractivity contribution < 1.29 is 9.53 Å². The summed E-state index contributed by atoms with van der Waals surface area (Å²) in [5, 5.41) is 4.44. The Morgan fingerprint density at radius 1 is 1.32 bits per heavy atom. The molecular formula is C15H20N2O2. The molecule has 0 saturated heterocycles. The zero-order valence-electron chi connectivity index (χ0n) is 11.5. The molecule has 19 heavy (non-hydrogen) atoms. The van der Waals surface area contributed by atoms with Crippen LogP contribution in [0.15, 0.2) is 30.5 Å². The lowest BCUT2D eigenvalue weighted by Crippen LogP contribution is -2.13. The van der Waals surface area contributed by atoms with Crippen LogP contribution in [0.5, 0.6) is 0 Å². The third kappa shape index (κ3) is 3.35. The van der Waals surface area contributed by atoms with E-state index in [1.807, 2.05) is 23.8 Å². The van der Waals surface area contributed by atoms with Gasteiger partial charge in [-0.05, 0) is 36.6 Å². The average Bonchev–Trinajstić information content (AvgIpc) is 2.79. The first-order chi connectivity index (χ1) is 9.24. The molecule has 1 aromatic heterocycles. The van der Waals surface area contributed by atoms with Gasteiger partial charge >= 0.3 is 5.97 Å². The van der Waals surface area contributed by atoms with Crippen molar-refractivity contribution >= 4 is 16.9 Å². The number of fused-ring (bicyclic) bond motifs is 1. The minimum absolute atomic E-state index is 0.197. The van der Waals surface area contributed by atoms with E-state index in [1.54, 1.807) is 0 Å². The molecule has 0 aliphatic carbocycles. The fraction of sp³-hybridized carbons (Fsp3) is 0.400. The number of hydrogen-bond acceptors (Lipinski definition) is 3. The molecule has 0 aliphatic rings. The standard InChI is InChI=1S/C15H20N2O2/c1-3-16-10-12-5-6-13-7-8-17(14(13)9-12)11-15(18)19-4-2/h5-9,16H,3-4,10-11H2,1-2H3. The van der Waals surface area contributed by atoms with Crippen molar-refractivity contribution in [2.75, 3.05) is 13.2 Å². The van der Waals surface area contributed by atoms with Gasteiger partial charge in [0.25, 0.3) is 0 Å². The van der Waals surface area contributed by atoms with E-state index in [4.69, 9.17) is 4.74 Å². The Labute approximate surface area is 113 Å². The van der Waals surface area contributed by atoms with Gasteiger partial charge in [-0.1, -0.05) is 19.1 Å².